The second-order valence-electron chi connectivity index (χ2n) is 6.15. The molecule has 152 valence electrons. The first kappa shape index (κ1) is 23.7. The average Bonchev–Trinajstić information content (AvgIpc) is 2.70. The van der Waals surface area contributed by atoms with Gasteiger partial charge in [0.2, 0.25) is 5.88 Å². The van der Waals surface area contributed by atoms with E-state index < -0.39 is 0 Å². The lowest BCUT2D eigenvalue weighted by Crippen LogP contribution is -2.36. The molecule has 8 heteroatoms. The zero-order chi connectivity index (χ0) is 19.6. The number of guanidine groups is 1. The molecule has 7 nitrogen and oxygen atoms in total. The molecule has 0 saturated carbocycles. The number of rotatable bonds is 7. The van der Waals surface area contributed by atoms with Gasteiger partial charge in [-0.25, -0.2) is 9.98 Å². The molecular formula is C20H28IN5O2. The number of methoxy groups -OCH3 is 1. The minimum atomic E-state index is -0.00260. The number of aliphatic imine (C=N–C) groups is 1. The highest BCUT2D eigenvalue weighted by atomic mass is 127. The molecule has 0 fully saturated rings. The van der Waals surface area contributed by atoms with Crippen LogP contribution in [0.4, 0.5) is 0 Å². The lowest BCUT2D eigenvalue weighted by molar-refractivity contribution is 0.0827. The van der Waals surface area contributed by atoms with Gasteiger partial charge < -0.3 is 20.3 Å². The van der Waals surface area contributed by atoms with Gasteiger partial charge in [0, 0.05) is 45.0 Å². The molecule has 0 spiro atoms. The smallest absolute Gasteiger partial charge is 0.253 e. The fraction of sp³-hybridized carbons (Fsp3) is 0.350. The van der Waals surface area contributed by atoms with Gasteiger partial charge in [0.1, 0.15) is 0 Å². The SMILES string of the molecule is CCNC(=NCc1ccnc(OC)c1)NCc1ccc(C(=O)N(C)C)cc1.I. The third-order valence-corrected chi connectivity index (χ3v) is 3.84. The van der Waals surface area contributed by atoms with Crippen LogP contribution in [0.25, 0.3) is 0 Å². The van der Waals surface area contributed by atoms with Gasteiger partial charge >= 0.3 is 0 Å². The topological polar surface area (TPSA) is 78.9 Å². The highest BCUT2D eigenvalue weighted by molar-refractivity contribution is 14.0. The molecule has 0 aliphatic heterocycles. The third kappa shape index (κ3) is 7.34. The predicted octanol–water partition coefficient (Wildman–Crippen LogP) is 2.67. The normalized spacial score (nSPS) is 10.6. The summed E-state index contributed by atoms with van der Waals surface area (Å²) in [5, 5.41) is 6.53. The monoisotopic (exact) mass is 497 g/mol. The number of ether oxygens (including phenoxy) is 1. The van der Waals surface area contributed by atoms with Crippen LogP contribution >= 0.6 is 24.0 Å². The summed E-state index contributed by atoms with van der Waals surface area (Å²) in [5.41, 5.74) is 2.77. The zero-order valence-corrected chi connectivity index (χ0v) is 19.1. The van der Waals surface area contributed by atoms with Gasteiger partial charge in [-0.15, -0.1) is 24.0 Å². The van der Waals surface area contributed by atoms with E-state index >= 15 is 0 Å². The van der Waals surface area contributed by atoms with Gasteiger partial charge in [0.05, 0.1) is 13.7 Å². The maximum absolute atomic E-state index is 11.9. The summed E-state index contributed by atoms with van der Waals surface area (Å²) in [6.07, 6.45) is 1.71. The van der Waals surface area contributed by atoms with E-state index in [1.165, 1.54) is 0 Å². The van der Waals surface area contributed by atoms with Crippen LogP contribution in [0, 0.1) is 0 Å². The number of amides is 1. The van der Waals surface area contributed by atoms with Gasteiger partial charge in [0.15, 0.2) is 5.96 Å². The second kappa shape index (κ2) is 12.2. The molecule has 2 N–H and O–H groups in total. The Labute approximate surface area is 183 Å². The Morgan fingerprint density at radius 1 is 1.14 bits per heavy atom. The van der Waals surface area contributed by atoms with E-state index in [1.54, 1.807) is 32.3 Å². The first-order chi connectivity index (χ1) is 13.0. The number of hydrogen-bond donors (Lipinski definition) is 2. The van der Waals surface area contributed by atoms with Gasteiger partial charge in [-0.2, -0.15) is 0 Å². The minimum Gasteiger partial charge on any atom is -0.481 e. The molecule has 0 aliphatic carbocycles. The van der Waals surface area contributed by atoms with Crippen LogP contribution in [0.2, 0.25) is 0 Å². The highest BCUT2D eigenvalue weighted by Gasteiger charge is 2.07. The molecule has 0 radical (unpaired) electrons. The fourth-order valence-corrected chi connectivity index (χ4v) is 2.38. The Balaban J connectivity index is 0.00000392. The first-order valence-corrected chi connectivity index (χ1v) is 8.85. The van der Waals surface area contributed by atoms with Crippen LogP contribution < -0.4 is 15.4 Å². The summed E-state index contributed by atoms with van der Waals surface area (Å²) < 4.78 is 5.14. The molecule has 0 unspecified atom stereocenters. The predicted molar refractivity (Wildman–Crippen MR) is 122 cm³/mol. The molecule has 28 heavy (non-hydrogen) atoms. The Hall–Kier alpha value is -2.36. The van der Waals surface area contributed by atoms with E-state index in [4.69, 9.17) is 4.74 Å². The van der Waals surface area contributed by atoms with Crippen LogP contribution in [0.15, 0.2) is 47.6 Å². The summed E-state index contributed by atoms with van der Waals surface area (Å²) in [5.74, 6) is 1.30. The molecule has 0 aliphatic rings. The molecule has 1 amide bonds. The Morgan fingerprint density at radius 3 is 2.46 bits per heavy atom. The van der Waals surface area contributed by atoms with Crippen molar-refractivity contribution in [2.45, 2.75) is 20.0 Å². The van der Waals surface area contributed by atoms with Crippen molar-refractivity contribution >= 4 is 35.8 Å². The summed E-state index contributed by atoms with van der Waals surface area (Å²) >= 11 is 0. The van der Waals surface area contributed by atoms with Crippen LogP contribution in [0.5, 0.6) is 5.88 Å². The van der Waals surface area contributed by atoms with E-state index in [1.807, 2.05) is 43.3 Å². The van der Waals surface area contributed by atoms with E-state index in [0.29, 0.717) is 24.5 Å². The van der Waals surface area contributed by atoms with Crippen LogP contribution in [0.1, 0.15) is 28.4 Å². The van der Waals surface area contributed by atoms with Crippen LogP contribution in [-0.4, -0.2) is 49.5 Å². The van der Waals surface area contributed by atoms with Crippen LogP contribution in [0.3, 0.4) is 0 Å². The Morgan fingerprint density at radius 2 is 1.86 bits per heavy atom. The third-order valence-electron chi connectivity index (χ3n) is 3.84. The molecule has 1 aromatic heterocycles. The van der Waals surface area contributed by atoms with Crippen molar-refractivity contribution in [3.8, 4) is 5.88 Å². The highest BCUT2D eigenvalue weighted by Crippen LogP contribution is 2.09. The average molecular weight is 497 g/mol. The van der Waals surface area contributed by atoms with Crippen molar-refractivity contribution in [1.82, 2.24) is 20.5 Å². The molecular weight excluding hydrogens is 469 g/mol. The van der Waals surface area contributed by atoms with E-state index in [0.717, 1.165) is 23.6 Å². The Bertz CT molecular complexity index is 778. The van der Waals surface area contributed by atoms with E-state index in [9.17, 15) is 4.79 Å². The van der Waals surface area contributed by atoms with Gasteiger partial charge in [-0.1, -0.05) is 12.1 Å². The number of nitrogens with zero attached hydrogens (tertiary/aromatic N) is 3. The zero-order valence-electron chi connectivity index (χ0n) is 16.7. The lowest BCUT2D eigenvalue weighted by Gasteiger charge is -2.13. The maximum Gasteiger partial charge on any atom is 0.253 e. The lowest BCUT2D eigenvalue weighted by atomic mass is 10.1. The maximum atomic E-state index is 11.9. The van der Waals surface area contributed by atoms with Gasteiger partial charge in [0.25, 0.3) is 5.91 Å². The number of nitrogens with one attached hydrogen (secondary N) is 2. The number of pyridine rings is 1. The molecule has 0 saturated heterocycles. The number of benzene rings is 1. The molecule has 0 atom stereocenters. The van der Waals surface area contributed by atoms with Crippen molar-refractivity contribution in [2.24, 2.45) is 4.99 Å². The summed E-state index contributed by atoms with van der Waals surface area (Å²) in [7, 11) is 5.09. The summed E-state index contributed by atoms with van der Waals surface area (Å²) in [4.78, 5) is 22.2. The van der Waals surface area contributed by atoms with Crippen molar-refractivity contribution < 1.29 is 9.53 Å². The minimum absolute atomic E-state index is 0. The van der Waals surface area contributed by atoms with Crippen LogP contribution in [-0.2, 0) is 13.1 Å². The number of carbonyl (C=O) groups excluding carboxylic acids is 1. The second-order valence-corrected chi connectivity index (χ2v) is 6.15. The Kier molecular flexibility index (Phi) is 10.3. The molecule has 1 aromatic carbocycles. The molecule has 0 bridgehead atoms. The standard InChI is InChI=1S/C20H27N5O2.HI/c1-5-21-20(24-14-16-10-11-22-18(12-16)27-4)23-13-15-6-8-17(9-7-15)19(26)25(2)3;/h6-12H,5,13-14H2,1-4H3,(H2,21,23,24);1H. The summed E-state index contributed by atoms with van der Waals surface area (Å²) in [6, 6.07) is 11.4. The van der Waals surface area contributed by atoms with Crippen molar-refractivity contribution in [1.29, 1.82) is 0 Å². The quantitative estimate of drug-likeness (QED) is 0.350. The van der Waals surface area contributed by atoms with E-state index in [-0.39, 0.29) is 29.9 Å². The fourth-order valence-electron chi connectivity index (χ4n) is 2.38. The molecule has 1 heterocycles. The van der Waals surface area contributed by atoms with Gasteiger partial charge in [-0.05, 0) is 36.2 Å². The molecule has 2 aromatic rings. The summed E-state index contributed by atoms with van der Waals surface area (Å²) in [6.45, 7) is 3.92. The van der Waals surface area contributed by atoms with Gasteiger partial charge in [-0.3, -0.25) is 4.79 Å². The molecule has 2 rings (SSSR count). The number of aromatic nitrogens is 1. The van der Waals surface area contributed by atoms with Crippen molar-refractivity contribution in [2.75, 3.05) is 27.7 Å². The number of hydrogen-bond acceptors (Lipinski definition) is 4. The van der Waals surface area contributed by atoms with Crippen molar-refractivity contribution in [3.63, 3.8) is 0 Å². The number of carbonyl (C=O) groups is 1. The van der Waals surface area contributed by atoms with Crippen molar-refractivity contribution in [3.05, 3.63) is 59.3 Å². The first-order valence-electron chi connectivity index (χ1n) is 8.85. The largest absolute Gasteiger partial charge is 0.481 e. The number of halogens is 1. The van der Waals surface area contributed by atoms with E-state index in [2.05, 4.69) is 20.6 Å².